The van der Waals surface area contributed by atoms with Gasteiger partial charge in [0.25, 0.3) is 0 Å². The van der Waals surface area contributed by atoms with E-state index in [1.165, 1.54) is 5.56 Å². The zero-order valence-electron chi connectivity index (χ0n) is 11.5. The molecule has 1 aromatic carbocycles. The fourth-order valence-electron chi connectivity index (χ4n) is 3.33. The molecule has 0 saturated heterocycles. The van der Waals surface area contributed by atoms with Gasteiger partial charge in [-0.1, -0.05) is 45.0 Å². The summed E-state index contributed by atoms with van der Waals surface area (Å²) in [6, 6.07) is 8.26. The van der Waals surface area contributed by atoms with Crippen molar-refractivity contribution in [1.82, 2.24) is 0 Å². The van der Waals surface area contributed by atoms with Gasteiger partial charge in [-0.2, -0.15) is 0 Å². The third-order valence-electron chi connectivity index (χ3n) is 4.47. The number of hydrogen-bond acceptors (Lipinski definition) is 1. The van der Waals surface area contributed by atoms with Crippen LogP contribution >= 0.6 is 0 Å². The summed E-state index contributed by atoms with van der Waals surface area (Å²) in [5.74, 6) is 0.326. The first-order valence-electron chi connectivity index (χ1n) is 6.64. The summed E-state index contributed by atoms with van der Waals surface area (Å²) in [5, 5.41) is 11.0. The van der Waals surface area contributed by atoms with Gasteiger partial charge in [0.2, 0.25) is 0 Å². The lowest BCUT2D eigenvalue weighted by atomic mass is 9.63. The molecule has 17 heavy (non-hydrogen) atoms. The predicted molar refractivity (Wildman–Crippen MR) is 71.9 cm³/mol. The summed E-state index contributed by atoms with van der Waals surface area (Å²) < 4.78 is 0. The second-order valence-corrected chi connectivity index (χ2v) is 6.51. The highest BCUT2D eigenvalue weighted by molar-refractivity contribution is 5.32. The fraction of sp³-hybridized carbons (Fsp3) is 0.625. The largest absolute Gasteiger partial charge is 0.385 e. The van der Waals surface area contributed by atoms with Gasteiger partial charge in [-0.25, -0.2) is 0 Å². The van der Waals surface area contributed by atoms with Gasteiger partial charge in [0.15, 0.2) is 0 Å². The van der Waals surface area contributed by atoms with Crippen LogP contribution in [-0.4, -0.2) is 5.11 Å². The number of rotatable bonds is 1. The van der Waals surface area contributed by atoms with Crippen molar-refractivity contribution in [1.29, 1.82) is 0 Å². The van der Waals surface area contributed by atoms with Crippen molar-refractivity contribution in [3.63, 3.8) is 0 Å². The molecule has 0 spiro atoms. The Hall–Kier alpha value is -0.820. The Bertz CT molecular complexity index is 408. The molecule has 1 aromatic rings. The molecule has 2 unspecified atom stereocenters. The number of aryl methyl sites for hydroxylation is 1. The van der Waals surface area contributed by atoms with Gasteiger partial charge in [-0.05, 0) is 48.6 Å². The number of benzene rings is 1. The zero-order valence-corrected chi connectivity index (χ0v) is 11.5. The van der Waals surface area contributed by atoms with Crippen molar-refractivity contribution in [2.24, 2.45) is 11.3 Å². The second-order valence-electron chi connectivity index (χ2n) is 6.51. The molecular weight excluding hydrogens is 208 g/mol. The molecule has 1 aliphatic rings. The summed E-state index contributed by atoms with van der Waals surface area (Å²) in [7, 11) is 0. The molecule has 0 amide bonds. The molecule has 1 fully saturated rings. The van der Waals surface area contributed by atoms with Crippen LogP contribution < -0.4 is 0 Å². The zero-order chi connectivity index (χ0) is 12.7. The highest BCUT2D eigenvalue weighted by Gasteiger charge is 2.43. The van der Waals surface area contributed by atoms with E-state index in [2.05, 4.69) is 39.8 Å². The van der Waals surface area contributed by atoms with Crippen molar-refractivity contribution in [2.75, 3.05) is 0 Å². The van der Waals surface area contributed by atoms with Crippen LogP contribution in [0.1, 0.15) is 51.2 Å². The molecule has 94 valence electrons. The second kappa shape index (κ2) is 4.13. The van der Waals surface area contributed by atoms with Crippen molar-refractivity contribution in [3.8, 4) is 0 Å². The van der Waals surface area contributed by atoms with Gasteiger partial charge in [0.1, 0.15) is 0 Å². The molecule has 1 N–H and O–H groups in total. The Labute approximate surface area is 105 Å². The van der Waals surface area contributed by atoms with Crippen LogP contribution in [0.25, 0.3) is 0 Å². The summed E-state index contributed by atoms with van der Waals surface area (Å²) in [6.07, 6.45) is 3.08. The van der Waals surface area contributed by atoms with Crippen LogP contribution in [0, 0.1) is 18.3 Å². The van der Waals surface area contributed by atoms with E-state index in [0.29, 0.717) is 11.3 Å². The van der Waals surface area contributed by atoms with Crippen LogP contribution in [0.2, 0.25) is 0 Å². The maximum absolute atomic E-state index is 11.0. The molecule has 0 bridgehead atoms. The SMILES string of the molecule is Cc1ccccc1C1(O)CCC(C)(C)CC1C. The molecule has 0 aromatic heterocycles. The summed E-state index contributed by atoms with van der Waals surface area (Å²) in [6.45, 7) is 8.90. The van der Waals surface area contributed by atoms with Crippen molar-refractivity contribution in [3.05, 3.63) is 35.4 Å². The Kier molecular flexibility index (Phi) is 3.07. The monoisotopic (exact) mass is 232 g/mol. The normalized spacial score (nSPS) is 32.4. The van der Waals surface area contributed by atoms with E-state index in [1.54, 1.807) is 0 Å². The van der Waals surface area contributed by atoms with E-state index in [0.717, 1.165) is 24.8 Å². The average molecular weight is 232 g/mol. The standard InChI is InChI=1S/C16H24O/c1-12-7-5-6-8-14(12)16(17)10-9-15(3,4)11-13(16)2/h5-8,13,17H,9-11H2,1-4H3. The molecule has 1 aliphatic carbocycles. The smallest absolute Gasteiger partial charge is 0.0924 e. The maximum atomic E-state index is 11.0. The van der Waals surface area contributed by atoms with E-state index in [-0.39, 0.29) is 0 Å². The Balaban J connectivity index is 2.35. The van der Waals surface area contributed by atoms with Gasteiger partial charge in [-0.3, -0.25) is 0 Å². The molecular formula is C16H24O. The Morgan fingerprint density at radius 1 is 1.18 bits per heavy atom. The summed E-state index contributed by atoms with van der Waals surface area (Å²) >= 11 is 0. The van der Waals surface area contributed by atoms with Gasteiger partial charge < -0.3 is 5.11 Å². The Morgan fingerprint density at radius 2 is 1.82 bits per heavy atom. The molecule has 2 rings (SSSR count). The summed E-state index contributed by atoms with van der Waals surface area (Å²) in [4.78, 5) is 0. The molecule has 0 aliphatic heterocycles. The molecule has 1 nitrogen and oxygen atoms in total. The highest BCUT2D eigenvalue weighted by Crippen LogP contribution is 2.49. The first kappa shape index (κ1) is 12.6. The van der Waals surface area contributed by atoms with Crippen LogP contribution in [0.5, 0.6) is 0 Å². The fourth-order valence-corrected chi connectivity index (χ4v) is 3.33. The van der Waals surface area contributed by atoms with Gasteiger partial charge >= 0.3 is 0 Å². The van der Waals surface area contributed by atoms with Crippen LogP contribution in [-0.2, 0) is 5.60 Å². The lowest BCUT2D eigenvalue weighted by Crippen LogP contribution is -2.42. The van der Waals surface area contributed by atoms with Gasteiger partial charge in [0.05, 0.1) is 5.60 Å². The quantitative estimate of drug-likeness (QED) is 0.775. The summed E-state index contributed by atoms with van der Waals surface area (Å²) in [5.41, 5.74) is 2.08. The average Bonchev–Trinajstić information content (AvgIpc) is 2.24. The maximum Gasteiger partial charge on any atom is 0.0924 e. The van der Waals surface area contributed by atoms with Gasteiger partial charge in [-0.15, -0.1) is 0 Å². The third kappa shape index (κ3) is 2.26. The topological polar surface area (TPSA) is 20.2 Å². The van der Waals surface area contributed by atoms with Crippen molar-refractivity contribution < 1.29 is 5.11 Å². The minimum Gasteiger partial charge on any atom is -0.385 e. The molecule has 1 saturated carbocycles. The van der Waals surface area contributed by atoms with Crippen molar-refractivity contribution in [2.45, 2.75) is 52.6 Å². The van der Waals surface area contributed by atoms with Gasteiger partial charge in [0, 0.05) is 0 Å². The van der Waals surface area contributed by atoms with E-state index >= 15 is 0 Å². The van der Waals surface area contributed by atoms with Crippen LogP contribution in [0.4, 0.5) is 0 Å². The highest BCUT2D eigenvalue weighted by atomic mass is 16.3. The first-order chi connectivity index (χ1) is 7.85. The van der Waals surface area contributed by atoms with Crippen LogP contribution in [0.15, 0.2) is 24.3 Å². The van der Waals surface area contributed by atoms with Crippen LogP contribution in [0.3, 0.4) is 0 Å². The third-order valence-corrected chi connectivity index (χ3v) is 4.47. The molecule has 0 radical (unpaired) electrons. The molecule has 1 heteroatoms. The lowest BCUT2D eigenvalue weighted by molar-refractivity contribution is -0.0773. The minimum atomic E-state index is -0.624. The predicted octanol–water partition coefficient (Wildman–Crippen LogP) is 4.03. The number of hydrogen-bond donors (Lipinski definition) is 1. The lowest BCUT2D eigenvalue weighted by Gasteiger charge is -2.46. The van der Waals surface area contributed by atoms with E-state index in [4.69, 9.17) is 0 Å². The first-order valence-corrected chi connectivity index (χ1v) is 6.64. The number of aliphatic hydroxyl groups is 1. The minimum absolute atomic E-state index is 0.326. The Morgan fingerprint density at radius 3 is 2.41 bits per heavy atom. The van der Waals surface area contributed by atoms with Crippen molar-refractivity contribution >= 4 is 0 Å². The molecule has 0 heterocycles. The molecule has 2 atom stereocenters. The van der Waals surface area contributed by atoms with E-state index in [9.17, 15) is 5.11 Å². The van der Waals surface area contributed by atoms with E-state index in [1.807, 2.05) is 12.1 Å². The van der Waals surface area contributed by atoms with E-state index < -0.39 is 5.60 Å².